The molecular formula is C18H23ClN4OS. The molecule has 25 heavy (non-hydrogen) atoms. The number of benzene rings is 1. The van der Waals surface area contributed by atoms with Gasteiger partial charge < -0.3 is 11.1 Å². The van der Waals surface area contributed by atoms with Gasteiger partial charge in [-0.1, -0.05) is 30.3 Å². The molecule has 0 spiro atoms. The predicted octanol–water partition coefficient (Wildman–Crippen LogP) is 3.34. The van der Waals surface area contributed by atoms with E-state index in [0.29, 0.717) is 13.1 Å². The summed E-state index contributed by atoms with van der Waals surface area (Å²) in [4.78, 5) is 14.1. The van der Waals surface area contributed by atoms with Crippen LogP contribution in [0.4, 0.5) is 0 Å². The molecule has 0 aliphatic heterocycles. The molecule has 1 aromatic carbocycles. The van der Waals surface area contributed by atoms with Crippen LogP contribution in [-0.4, -0.2) is 28.3 Å². The van der Waals surface area contributed by atoms with Gasteiger partial charge in [-0.05, 0) is 31.9 Å². The monoisotopic (exact) mass is 378 g/mol. The summed E-state index contributed by atoms with van der Waals surface area (Å²) in [5, 5.41) is 8.59. The van der Waals surface area contributed by atoms with E-state index < -0.39 is 0 Å². The zero-order chi connectivity index (χ0) is 17.1. The van der Waals surface area contributed by atoms with Gasteiger partial charge in [0.2, 0.25) is 0 Å². The molecular weight excluding hydrogens is 356 g/mol. The minimum Gasteiger partial charge on any atom is -0.351 e. The third-order valence-electron chi connectivity index (χ3n) is 3.89. The van der Waals surface area contributed by atoms with Crippen molar-refractivity contribution in [1.82, 2.24) is 15.1 Å². The van der Waals surface area contributed by atoms with Crippen molar-refractivity contribution in [2.24, 2.45) is 5.73 Å². The van der Waals surface area contributed by atoms with E-state index in [1.165, 1.54) is 16.9 Å². The highest BCUT2D eigenvalue weighted by Gasteiger charge is 2.16. The summed E-state index contributed by atoms with van der Waals surface area (Å²) >= 11 is 1.49. The van der Waals surface area contributed by atoms with E-state index in [1.807, 2.05) is 42.8 Å². The van der Waals surface area contributed by atoms with E-state index in [-0.39, 0.29) is 24.4 Å². The summed E-state index contributed by atoms with van der Waals surface area (Å²) in [6, 6.07) is 12.2. The number of aromatic nitrogens is 2. The first kappa shape index (κ1) is 19.4. The Morgan fingerprint density at radius 3 is 2.76 bits per heavy atom. The lowest BCUT2D eigenvalue weighted by atomic mass is 10.2. The lowest BCUT2D eigenvalue weighted by molar-refractivity contribution is 0.0957. The van der Waals surface area contributed by atoms with Crippen molar-refractivity contribution in [3.05, 3.63) is 52.5 Å². The number of halogens is 1. The third kappa shape index (κ3) is 4.60. The van der Waals surface area contributed by atoms with Gasteiger partial charge in [0.1, 0.15) is 4.83 Å². The molecule has 3 rings (SSSR count). The molecule has 0 radical (unpaired) electrons. The average Bonchev–Trinajstić information content (AvgIpc) is 3.10. The number of amides is 1. The van der Waals surface area contributed by atoms with Crippen molar-refractivity contribution in [3.63, 3.8) is 0 Å². The Kier molecular flexibility index (Phi) is 6.58. The van der Waals surface area contributed by atoms with Gasteiger partial charge in [0, 0.05) is 18.0 Å². The van der Waals surface area contributed by atoms with E-state index in [1.54, 1.807) is 0 Å². The first-order valence-corrected chi connectivity index (χ1v) is 8.91. The number of carbonyl (C=O) groups is 1. The Balaban J connectivity index is 0.00000225. The lowest BCUT2D eigenvalue weighted by Crippen LogP contribution is -2.28. The Labute approximate surface area is 157 Å². The molecule has 0 bridgehead atoms. The molecule has 1 unspecified atom stereocenters. The second kappa shape index (κ2) is 8.47. The van der Waals surface area contributed by atoms with Gasteiger partial charge in [0.25, 0.3) is 5.91 Å². The van der Waals surface area contributed by atoms with E-state index in [0.717, 1.165) is 27.2 Å². The largest absolute Gasteiger partial charge is 0.351 e. The number of nitrogens with zero attached hydrogens (tertiary/aromatic N) is 2. The maximum Gasteiger partial charge on any atom is 0.261 e. The number of nitrogens with two attached hydrogens (primary N) is 1. The van der Waals surface area contributed by atoms with Crippen molar-refractivity contribution in [2.45, 2.75) is 32.9 Å². The summed E-state index contributed by atoms with van der Waals surface area (Å²) in [7, 11) is 0. The SMILES string of the molecule is Cc1nn(Cc2ccccc2)c2sc(C(=O)NCCC(C)N)cc12.Cl. The number of rotatable bonds is 6. The number of nitrogens with one attached hydrogen (secondary N) is 1. The molecule has 2 heterocycles. The number of fused-ring (bicyclic) bond motifs is 1. The molecule has 5 nitrogen and oxygen atoms in total. The number of aryl methyl sites for hydroxylation is 1. The molecule has 3 N–H and O–H groups in total. The van der Waals surface area contributed by atoms with Gasteiger partial charge in [0.15, 0.2) is 0 Å². The van der Waals surface area contributed by atoms with E-state index >= 15 is 0 Å². The van der Waals surface area contributed by atoms with Gasteiger partial charge in [-0.25, -0.2) is 0 Å². The second-order valence-corrected chi connectivity index (χ2v) is 7.11. The van der Waals surface area contributed by atoms with Gasteiger partial charge in [0.05, 0.1) is 17.1 Å². The molecule has 3 aromatic rings. The molecule has 0 aliphatic carbocycles. The maximum absolute atomic E-state index is 12.3. The van der Waals surface area contributed by atoms with Crippen LogP contribution in [0.3, 0.4) is 0 Å². The summed E-state index contributed by atoms with van der Waals surface area (Å²) < 4.78 is 1.98. The van der Waals surface area contributed by atoms with Gasteiger partial charge in [-0.15, -0.1) is 23.7 Å². The van der Waals surface area contributed by atoms with Crippen molar-refractivity contribution in [2.75, 3.05) is 6.54 Å². The smallest absolute Gasteiger partial charge is 0.261 e. The summed E-state index contributed by atoms with van der Waals surface area (Å²) in [6.07, 6.45) is 0.775. The van der Waals surface area contributed by atoms with Crippen LogP contribution in [0.1, 0.15) is 34.3 Å². The maximum atomic E-state index is 12.3. The summed E-state index contributed by atoms with van der Waals surface area (Å²) in [6.45, 7) is 5.22. The lowest BCUT2D eigenvalue weighted by Gasteiger charge is -2.06. The van der Waals surface area contributed by atoms with E-state index in [9.17, 15) is 4.79 Å². The van der Waals surface area contributed by atoms with Gasteiger partial charge >= 0.3 is 0 Å². The predicted molar refractivity (Wildman–Crippen MR) is 106 cm³/mol. The highest BCUT2D eigenvalue weighted by atomic mass is 35.5. The Hall–Kier alpha value is -1.89. The molecule has 0 fully saturated rings. The fourth-order valence-corrected chi connectivity index (χ4v) is 3.67. The average molecular weight is 379 g/mol. The number of carbonyl (C=O) groups excluding carboxylic acids is 1. The van der Waals surface area contributed by atoms with E-state index in [4.69, 9.17) is 5.73 Å². The first-order valence-electron chi connectivity index (χ1n) is 8.09. The van der Waals surface area contributed by atoms with Crippen LogP contribution >= 0.6 is 23.7 Å². The molecule has 134 valence electrons. The van der Waals surface area contributed by atoms with Crippen LogP contribution in [0.2, 0.25) is 0 Å². The molecule has 0 saturated carbocycles. The highest BCUT2D eigenvalue weighted by molar-refractivity contribution is 7.20. The molecule has 0 saturated heterocycles. The van der Waals surface area contributed by atoms with Crippen LogP contribution in [-0.2, 0) is 6.54 Å². The number of hydrogen-bond donors (Lipinski definition) is 2. The fraction of sp³-hybridized carbons (Fsp3) is 0.333. The van der Waals surface area contributed by atoms with Crippen molar-refractivity contribution >= 4 is 39.9 Å². The first-order chi connectivity index (χ1) is 11.5. The molecule has 1 amide bonds. The van der Waals surface area contributed by atoms with Gasteiger partial charge in [-0.3, -0.25) is 9.48 Å². The third-order valence-corrected chi connectivity index (χ3v) is 5.04. The van der Waals surface area contributed by atoms with Crippen LogP contribution in [0, 0.1) is 6.92 Å². The zero-order valence-electron chi connectivity index (χ0n) is 14.4. The second-order valence-electron chi connectivity index (χ2n) is 6.08. The fourth-order valence-electron chi connectivity index (χ4n) is 2.59. The number of thiophene rings is 1. The highest BCUT2D eigenvalue weighted by Crippen LogP contribution is 2.28. The quantitative estimate of drug-likeness (QED) is 0.690. The topological polar surface area (TPSA) is 72.9 Å². The molecule has 2 aromatic heterocycles. The Morgan fingerprint density at radius 1 is 1.36 bits per heavy atom. The summed E-state index contributed by atoms with van der Waals surface area (Å²) in [5.74, 6) is -0.0393. The molecule has 7 heteroatoms. The van der Waals surface area contributed by atoms with Crippen LogP contribution < -0.4 is 11.1 Å². The number of hydrogen-bond acceptors (Lipinski definition) is 4. The normalized spacial score (nSPS) is 12.0. The van der Waals surface area contributed by atoms with Gasteiger partial charge in [-0.2, -0.15) is 5.10 Å². The molecule has 0 aliphatic rings. The standard InChI is InChI=1S/C18H22N4OS.ClH/c1-12(19)8-9-20-17(23)16-10-15-13(2)21-22(18(15)24-16)11-14-6-4-3-5-7-14;/h3-7,10,12H,8-9,11,19H2,1-2H3,(H,20,23);1H. The minimum atomic E-state index is -0.0393. The van der Waals surface area contributed by atoms with Crippen LogP contribution in [0.5, 0.6) is 0 Å². The Bertz CT molecular complexity index is 842. The summed E-state index contributed by atoms with van der Waals surface area (Å²) in [5.41, 5.74) is 7.86. The van der Waals surface area contributed by atoms with Crippen molar-refractivity contribution in [1.29, 1.82) is 0 Å². The Morgan fingerprint density at radius 2 is 2.08 bits per heavy atom. The van der Waals surface area contributed by atoms with Crippen molar-refractivity contribution < 1.29 is 4.79 Å². The van der Waals surface area contributed by atoms with Crippen LogP contribution in [0.25, 0.3) is 10.2 Å². The van der Waals surface area contributed by atoms with E-state index in [2.05, 4.69) is 22.5 Å². The zero-order valence-corrected chi connectivity index (χ0v) is 16.0. The molecule has 1 atom stereocenters. The minimum absolute atomic E-state index is 0. The van der Waals surface area contributed by atoms with Crippen molar-refractivity contribution in [3.8, 4) is 0 Å². The van der Waals surface area contributed by atoms with Crippen LogP contribution in [0.15, 0.2) is 36.4 Å².